The number of nitrogens with one attached hydrogen (secondary N) is 2. The fraction of sp³-hybridized carbons (Fsp3) is 0.333. The van der Waals surface area contributed by atoms with Crippen molar-refractivity contribution in [3.63, 3.8) is 0 Å². The number of pyridine rings is 1. The van der Waals surface area contributed by atoms with E-state index >= 15 is 0 Å². The van der Waals surface area contributed by atoms with Gasteiger partial charge in [-0.1, -0.05) is 13.8 Å². The van der Waals surface area contributed by atoms with E-state index in [0.29, 0.717) is 12.2 Å². The molecule has 0 saturated heterocycles. The average Bonchev–Trinajstić information content (AvgIpc) is 3.26. The van der Waals surface area contributed by atoms with Gasteiger partial charge in [-0.2, -0.15) is 5.10 Å². The molecule has 3 aromatic rings. The summed E-state index contributed by atoms with van der Waals surface area (Å²) in [5.41, 5.74) is 3.38. The molecule has 3 rings (SSSR count). The first-order valence-corrected chi connectivity index (χ1v) is 10.1. The van der Waals surface area contributed by atoms with Gasteiger partial charge in [-0.25, -0.2) is 4.98 Å². The average molecular weight is 434 g/mol. The van der Waals surface area contributed by atoms with Crippen LogP contribution in [0, 0.1) is 0 Å². The summed E-state index contributed by atoms with van der Waals surface area (Å²) in [6, 6.07) is 3.90. The molecule has 0 unspecified atom stereocenters. The molecule has 0 aliphatic rings. The van der Waals surface area contributed by atoms with Gasteiger partial charge in [-0.05, 0) is 40.4 Å². The van der Waals surface area contributed by atoms with Crippen molar-refractivity contribution in [3.05, 3.63) is 50.8 Å². The van der Waals surface area contributed by atoms with Gasteiger partial charge >= 0.3 is 0 Å². The van der Waals surface area contributed by atoms with E-state index in [2.05, 4.69) is 46.8 Å². The third-order valence-corrected chi connectivity index (χ3v) is 5.62. The van der Waals surface area contributed by atoms with Gasteiger partial charge in [0.2, 0.25) is 0 Å². The lowest BCUT2D eigenvalue weighted by Gasteiger charge is -2.04. The number of carbonyl (C=O) groups excluding carboxylic acids is 1. The number of nitrogens with zero attached hydrogens (tertiary/aromatic N) is 3. The summed E-state index contributed by atoms with van der Waals surface area (Å²) in [6.45, 7) is 4.68. The molecule has 0 bridgehead atoms. The highest BCUT2D eigenvalue weighted by Crippen LogP contribution is 2.25. The van der Waals surface area contributed by atoms with Crippen LogP contribution < -0.4 is 5.32 Å². The molecule has 3 heterocycles. The van der Waals surface area contributed by atoms with Gasteiger partial charge in [0.25, 0.3) is 5.91 Å². The molecular weight excluding hydrogens is 414 g/mol. The van der Waals surface area contributed by atoms with Gasteiger partial charge in [-0.3, -0.25) is 14.9 Å². The van der Waals surface area contributed by atoms with E-state index in [1.807, 2.05) is 26.0 Å². The van der Waals surface area contributed by atoms with Crippen LogP contribution in [0.5, 0.6) is 0 Å². The minimum atomic E-state index is -0.170. The smallest absolute Gasteiger partial charge is 0.272 e. The summed E-state index contributed by atoms with van der Waals surface area (Å²) in [7, 11) is 0. The summed E-state index contributed by atoms with van der Waals surface area (Å²) in [5, 5.41) is 13.1. The Bertz CT molecular complexity index is 875. The molecule has 8 heteroatoms. The molecule has 3 aromatic heterocycles. The van der Waals surface area contributed by atoms with E-state index in [-0.39, 0.29) is 11.8 Å². The van der Waals surface area contributed by atoms with Crippen molar-refractivity contribution in [2.45, 2.75) is 32.6 Å². The van der Waals surface area contributed by atoms with Gasteiger partial charge in [0.15, 0.2) is 5.69 Å². The summed E-state index contributed by atoms with van der Waals surface area (Å²) >= 11 is 5.10. The Morgan fingerprint density at radius 3 is 2.81 bits per heavy atom. The quantitative estimate of drug-likeness (QED) is 0.547. The summed E-state index contributed by atoms with van der Waals surface area (Å²) in [4.78, 5) is 20.9. The van der Waals surface area contributed by atoms with Crippen molar-refractivity contribution in [2.75, 3.05) is 6.54 Å². The lowest BCUT2D eigenvalue weighted by Crippen LogP contribution is -2.25. The molecule has 0 aromatic carbocycles. The number of aromatic amines is 1. The van der Waals surface area contributed by atoms with Gasteiger partial charge in [-0.15, -0.1) is 11.3 Å². The molecule has 6 nitrogen and oxygen atoms in total. The number of hydrogen-bond donors (Lipinski definition) is 2. The molecule has 0 spiro atoms. The highest BCUT2D eigenvalue weighted by atomic mass is 79.9. The van der Waals surface area contributed by atoms with Crippen molar-refractivity contribution in [2.24, 2.45) is 0 Å². The molecule has 136 valence electrons. The first-order valence-electron chi connectivity index (χ1n) is 8.43. The van der Waals surface area contributed by atoms with Crippen LogP contribution in [0.15, 0.2) is 34.4 Å². The number of aromatic nitrogens is 4. The van der Waals surface area contributed by atoms with Crippen LogP contribution in [0.25, 0.3) is 11.3 Å². The number of halogens is 1. The third-order valence-electron chi connectivity index (χ3n) is 3.91. The van der Waals surface area contributed by atoms with Crippen LogP contribution in [0.2, 0.25) is 0 Å². The van der Waals surface area contributed by atoms with Gasteiger partial charge < -0.3 is 5.32 Å². The second kappa shape index (κ2) is 8.55. The second-order valence-electron chi connectivity index (χ2n) is 6.18. The highest BCUT2D eigenvalue weighted by Gasteiger charge is 2.18. The first kappa shape index (κ1) is 18.7. The predicted octanol–water partition coefficient (Wildman–Crippen LogP) is 4.18. The van der Waals surface area contributed by atoms with Crippen molar-refractivity contribution < 1.29 is 4.79 Å². The summed E-state index contributed by atoms with van der Waals surface area (Å²) in [6.07, 6.45) is 5.19. The zero-order valence-corrected chi connectivity index (χ0v) is 17.0. The zero-order valence-electron chi connectivity index (χ0n) is 14.6. The number of rotatable bonds is 7. The van der Waals surface area contributed by atoms with Gasteiger partial charge in [0, 0.05) is 36.3 Å². The van der Waals surface area contributed by atoms with Crippen LogP contribution >= 0.6 is 27.3 Å². The standard InChI is InChI=1S/C18H20BrN5OS/c1-11(2)16-15(19)17(24-23-16)18(25)21-7-3-4-14-22-13(10-26-14)12-5-8-20-9-6-12/h5-6,8-11H,3-4,7H2,1-2H3,(H,21,25)(H,23,24). The number of carbonyl (C=O) groups is 1. The second-order valence-corrected chi connectivity index (χ2v) is 7.91. The van der Waals surface area contributed by atoms with Crippen LogP contribution in [-0.2, 0) is 6.42 Å². The Balaban J connectivity index is 1.49. The fourth-order valence-electron chi connectivity index (χ4n) is 2.48. The Morgan fingerprint density at radius 2 is 2.12 bits per heavy atom. The van der Waals surface area contributed by atoms with E-state index in [9.17, 15) is 4.79 Å². The van der Waals surface area contributed by atoms with Gasteiger partial charge in [0.1, 0.15) is 0 Å². The highest BCUT2D eigenvalue weighted by molar-refractivity contribution is 9.10. The first-order chi connectivity index (χ1) is 12.6. The third kappa shape index (κ3) is 4.37. The van der Waals surface area contributed by atoms with Crippen molar-refractivity contribution in [1.82, 2.24) is 25.5 Å². The van der Waals surface area contributed by atoms with E-state index in [0.717, 1.165) is 39.3 Å². The van der Waals surface area contributed by atoms with E-state index < -0.39 is 0 Å². The number of amides is 1. The Kier molecular flexibility index (Phi) is 6.16. The minimum Gasteiger partial charge on any atom is -0.351 e. The lowest BCUT2D eigenvalue weighted by atomic mass is 10.1. The Hall–Kier alpha value is -2.06. The predicted molar refractivity (Wildman–Crippen MR) is 106 cm³/mol. The molecule has 0 aliphatic heterocycles. The topological polar surface area (TPSA) is 83.6 Å². The van der Waals surface area contributed by atoms with Crippen molar-refractivity contribution in [1.29, 1.82) is 0 Å². The zero-order chi connectivity index (χ0) is 18.5. The molecule has 0 fully saturated rings. The van der Waals surface area contributed by atoms with E-state index in [4.69, 9.17) is 0 Å². The molecule has 26 heavy (non-hydrogen) atoms. The summed E-state index contributed by atoms with van der Waals surface area (Å²) in [5.74, 6) is 0.106. The number of hydrogen-bond acceptors (Lipinski definition) is 5. The largest absolute Gasteiger partial charge is 0.351 e. The van der Waals surface area contributed by atoms with E-state index in [1.165, 1.54) is 0 Å². The maximum atomic E-state index is 12.3. The van der Waals surface area contributed by atoms with Crippen LogP contribution in [0.3, 0.4) is 0 Å². The molecule has 2 N–H and O–H groups in total. The molecule has 0 atom stereocenters. The maximum Gasteiger partial charge on any atom is 0.272 e. The minimum absolute atomic E-state index is 0.170. The monoisotopic (exact) mass is 433 g/mol. The Morgan fingerprint density at radius 1 is 1.35 bits per heavy atom. The van der Waals surface area contributed by atoms with E-state index in [1.54, 1.807) is 23.7 Å². The molecule has 0 radical (unpaired) electrons. The lowest BCUT2D eigenvalue weighted by molar-refractivity contribution is 0.0947. The SMILES string of the molecule is CC(C)c1[nH]nc(C(=O)NCCCc2nc(-c3ccncc3)cs2)c1Br. The number of H-pyrrole nitrogens is 1. The fourth-order valence-corrected chi connectivity index (χ4v) is 4.15. The van der Waals surface area contributed by atoms with Crippen LogP contribution in [0.4, 0.5) is 0 Å². The molecule has 1 amide bonds. The molecular formula is C18H20BrN5OS. The summed E-state index contributed by atoms with van der Waals surface area (Å²) < 4.78 is 0.743. The number of aryl methyl sites for hydroxylation is 1. The number of thiazole rings is 1. The van der Waals surface area contributed by atoms with Crippen LogP contribution in [0.1, 0.15) is 47.4 Å². The van der Waals surface area contributed by atoms with Crippen molar-refractivity contribution in [3.8, 4) is 11.3 Å². The Labute approximate surface area is 164 Å². The van der Waals surface area contributed by atoms with Gasteiger partial charge in [0.05, 0.1) is 20.9 Å². The molecule has 0 aliphatic carbocycles. The normalized spacial score (nSPS) is 11.1. The maximum absolute atomic E-state index is 12.3. The van der Waals surface area contributed by atoms with Crippen LogP contribution in [-0.4, -0.2) is 32.6 Å². The van der Waals surface area contributed by atoms with Crippen molar-refractivity contribution >= 4 is 33.2 Å². The molecule has 0 saturated carbocycles.